The number of hydrogen-bond donors (Lipinski definition) is 0. The molecule has 0 aromatic heterocycles. The molecule has 1 aliphatic rings. The van der Waals surface area contributed by atoms with Crippen LogP contribution in [0.5, 0.6) is 0 Å². The Hall–Kier alpha value is -1.31. The first kappa shape index (κ1) is 15.1. The lowest BCUT2D eigenvalue weighted by Gasteiger charge is -2.39. The number of fused-ring (bicyclic) bond motifs is 1. The summed E-state index contributed by atoms with van der Waals surface area (Å²) in [5, 5.41) is 0. The van der Waals surface area contributed by atoms with Crippen LogP contribution in [0.15, 0.2) is 24.3 Å². The van der Waals surface area contributed by atoms with Crippen LogP contribution in [0.2, 0.25) is 0 Å². The first-order valence-electron chi connectivity index (χ1n) is 7.49. The highest BCUT2D eigenvalue weighted by molar-refractivity contribution is 5.81. The van der Waals surface area contributed by atoms with Crippen LogP contribution >= 0.6 is 0 Å². The van der Waals surface area contributed by atoms with Crippen molar-refractivity contribution in [3.63, 3.8) is 0 Å². The van der Waals surface area contributed by atoms with Crippen molar-refractivity contribution < 1.29 is 4.79 Å². The minimum absolute atomic E-state index is 0.0158. The lowest BCUT2D eigenvalue weighted by atomic mass is 9.76. The number of amides is 1. The van der Waals surface area contributed by atoms with Crippen molar-refractivity contribution in [1.29, 1.82) is 0 Å². The maximum Gasteiger partial charge on any atom is 0.227 e. The molecule has 0 saturated carbocycles. The van der Waals surface area contributed by atoms with E-state index in [2.05, 4.69) is 70.7 Å². The van der Waals surface area contributed by atoms with Gasteiger partial charge < -0.3 is 4.90 Å². The van der Waals surface area contributed by atoms with Gasteiger partial charge in [-0.05, 0) is 43.7 Å². The molecule has 0 spiro atoms. The van der Waals surface area contributed by atoms with Crippen molar-refractivity contribution >= 4 is 5.91 Å². The van der Waals surface area contributed by atoms with Crippen LogP contribution in [0.25, 0.3) is 0 Å². The molecule has 2 heteroatoms. The fraction of sp³-hybridized carbons (Fsp3) is 0.611. The van der Waals surface area contributed by atoms with Crippen LogP contribution in [-0.2, 0) is 17.8 Å². The van der Waals surface area contributed by atoms with Gasteiger partial charge >= 0.3 is 0 Å². The van der Waals surface area contributed by atoms with E-state index in [9.17, 15) is 4.79 Å². The van der Waals surface area contributed by atoms with Crippen LogP contribution in [0.3, 0.4) is 0 Å². The summed E-state index contributed by atoms with van der Waals surface area (Å²) in [5.74, 6) is 0.339. The Morgan fingerprint density at radius 3 is 2.05 bits per heavy atom. The van der Waals surface area contributed by atoms with Crippen molar-refractivity contribution in [2.24, 2.45) is 11.3 Å². The molecule has 1 amide bonds. The summed E-state index contributed by atoms with van der Waals surface area (Å²) >= 11 is 0. The summed E-state index contributed by atoms with van der Waals surface area (Å²) in [7, 11) is 0. The quantitative estimate of drug-likeness (QED) is 0.699. The molecule has 0 aliphatic carbocycles. The van der Waals surface area contributed by atoms with Gasteiger partial charge in [-0.25, -0.2) is 0 Å². The highest BCUT2D eigenvalue weighted by Crippen LogP contribution is 2.36. The minimum Gasteiger partial charge on any atom is -0.333 e. The number of nitrogens with zero attached hydrogens (tertiary/aromatic N) is 1. The number of rotatable bonds is 0. The van der Waals surface area contributed by atoms with E-state index >= 15 is 0 Å². The summed E-state index contributed by atoms with van der Waals surface area (Å²) in [6, 6.07) is 8.48. The van der Waals surface area contributed by atoms with Gasteiger partial charge in [-0.2, -0.15) is 0 Å². The Morgan fingerprint density at radius 2 is 1.55 bits per heavy atom. The molecule has 0 radical (unpaired) electrons. The molecular weight excluding hydrogens is 246 g/mol. The molecule has 1 aromatic rings. The fourth-order valence-electron chi connectivity index (χ4n) is 2.90. The molecule has 1 heterocycles. The summed E-state index contributed by atoms with van der Waals surface area (Å²) < 4.78 is 0. The summed E-state index contributed by atoms with van der Waals surface area (Å²) in [4.78, 5) is 15.1. The number of carbonyl (C=O) groups is 1. The summed E-state index contributed by atoms with van der Waals surface area (Å²) in [5.41, 5.74) is 2.46. The largest absolute Gasteiger partial charge is 0.333 e. The lowest BCUT2D eigenvalue weighted by molar-refractivity contribution is -0.144. The molecule has 0 N–H and O–H groups in total. The number of benzene rings is 1. The van der Waals surface area contributed by atoms with E-state index in [0.717, 1.165) is 13.0 Å². The fourth-order valence-corrected chi connectivity index (χ4v) is 2.90. The Morgan fingerprint density at radius 1 is 1.00 bits per heavy atom. The highest BCUT2D eigenvalue weighted by Gasteiger charge is 2.40. The van der Waals surface area contributed by atoms with Crippen molar-refractivity contribution in [1.82, 2.24) is 4.90 Å². The van der Waals surface area contributed by atoms with E-state index in [-0.39, 0.29) is 16.9 Å². The smallest absolute Gasteiger partial charge is 0.227 e. The maximum absolute atomic E-state index is 13.0. The second-order valence-electron chi connectivity index (χ2n) is 7.99. The van der Waals surface area contributed by atoms with Gasteiger partial charge in [0.05, 0.1) is 0 Å². The maximum atomic E-state index is 13.0. The van der Waals surface area contributed by atoms with Crippen LogP contribution < -0.4 is 0 Å². The average molecular weight is 273 g/mol. The predicted octanol–water partition coefficient (Wildman–Crippen LogP) is 4.03. The average Bonchev–Trinajstić information content (AvgIpc) is 2.45. The molecule has 1 atom stereocenters. The van der Waals surface area contributed by atoms with E-state index in [1.165, 1.54) is 11.1 Å². The van der Waals surface area contributed by atoms with Gasteiger partial charge in [0.1, 0.15) is 0 Å². The van der Waals surface area contributed by atoms with Crippen LogP contribution in [0.4, 0.5) is 0 Å². The van der Waals surface area contributed by atoms with Gasteiger partial charge in [0.2, 0.25) is 5.91 Å². The van der Waals surface area contributed by atoms with E-state index < -0.39 is 0 Å². The van der Waals surface area contributed by atoms with Crippen molar-refractivity contribution in [3.8, 4) is 0 Å². The van der Waals surface area contributed by atoms with E-state index in [1.54, 1.807) is 0 Å². The zero-order valence-electron chi connectivity index (χ0n) is 13.7. The third-order valence-electron chi connectivity index (χ3n) is 4.29. The number of carbonyl (C=O) groups excluding carboxylic acids is 1. The molecule has 0 bridgehead atoms. The van der Waals surface area contributed by atoms with Gasteiger partial charge in [-0.3, -0.25) is 4.79 Å². The Kier molecular flexibility index (Phi) is 3.70. The molecule has 1 unspecified atom stereocenters. The molecule has 1 aromatic carbocycles. The Balaban J connectivity index is 2.51. The van der Waals surface area contributed by atoms with E-state index in [1.807, 2.05) is 0 Å². The molecule has 1 aliphatic heterocycles. The van der Waals surface area contributed by atoms with Gasteiger partial charge in [0.15, 0.2) is 0 Å². The third kappa shape index (κ3) is 2.89. The topological polar surface area (TPSA) is 20.3 Å². The third-order valence-corrected chi connectivity index (χ3v) is 4.29. The first-order chi connectivity index (χ1) is 9.10. The monoisotopic (exact) mass is 273 g/mol. The molecule has 110 valence electrons. The standard InChI is InChI=1S/C18H27NO/c1-17(2,3)15-11-13-9-7-8-10-14(13)12-19(16(15)20)18(4,5)6/h7-10,15H,11-12H2,1-6H3. The van der Waals surface area contributed by atoms with Gasteiger partial charge in [0, 0.05) is 18.0 Å². The predicted molar refractivity (Wildman–Crippen MR) is 83.4 cm³/mol. The zero-order chi connectivity index (χ0) is 15.1. The first-order valence-corrected chi connectivity index (χ1v) is 7.49. The van der Waals surface area contributed by atoms with Crippen LogP contribution in [0.1, 0.15) is 52.7 Å². The highest BCUT2D eigenvalue weighted by atomic mass is 16.2. The van der Waals surface area contributed by atoms with Crippen LogP contribution in [0, 0.1) is 11.3 Å². The summed E-state index contributed by atoms with van der Waals surface area (Å²) in [6.45, 7) is 13.6. The molecule has 2 rings (SSSR count). The van der Waals surface area contributed by atoms with Crippen molar-refractivity contribution in [3.05, 3.63) is 35.4 Å². The SMILES string of the molecule is CC(C)(C)C1Cc2ccccc2CN(C(C)(C)C)C1=O. The molecule has 2 nitrogen and oxygen atoms in total. The molecule has 20 heavy (non-hydrogen) atoms. The number of hydrogen-bond acceptors (Lipinski definition) is 1. The molecule has 0 fully saturated rings. The lowest BCUT2D eigenvalue weighted by Crippen LogP contribution is -2.49. The van der Waals surface area contributed by atoms with Gasteiger partial charge in [-0.15, -0.1) is 0 Å². The van der Waals surface area contributed by atoms with Gasteiger partial charge in [-0.1, -0.05) is 45.0 Å². The van der Waals surface area contributed by atoms with Crippen LogP contribution in [-0.4, -0.2) is 16.3 Å². The van der Waals surface area contributed by atoms with E-state index in [0.29, 0.717) is 5.91 Å². The van der Waals surface area contributed by atoms with Crippen molar-refractivity contribution in [2.45, 2.75) is 60.0 Å². The summed E-state index contributed by atoms with van der Waals surface area (Å²) in [6.07, 6.45) is 0.852. The second kappa shape index (κ2) is 4.91. The minimum atomic E-state index is -0.141. The van der Waals surface area contributed by atoms with Crippen molar-refractivity contribution in [2.75, 3.05) is 0 Å². The molecule has 0 saturated heterocycles. The normalized spacial score (nSPS) is 20.6. The van der Waals surface area contributed by atoms with E-state index in [4.69, 9.17) is 0 Å². The van der Waals surface area contributed by atoms with Gasteiger partial charge in [0.25, 0.3) is 0 Å². The Bertz CT molecular complexity index is 460. The zero-order valence-corrected chi connectivity index (χ0v) is 13.7. The Labute approximate surface area is 123 Å². The molecular formula is C18H27NO. The second-order valence-corrected chi connectivity index (χ2v) is 7.99.